The zero-order chi connectivity index (χ0) is 16.4. The third-order valence-electron chi connectivity index (χ3n) is 4.73. The van der Waals surface area contributed by atoms with E-state index in [1.807, 2.05) is 0 Å². The highest BCUT2D eigenvalue weighted by atomic mass is 32.1. The highest BCUT2D eigenvalue weighted by molar-refractivity contribution is 7.16. The maximum absolute atomic E-state index is 12.4. The third-order valence-corrected chi connectivity index (χ3v) is 5.90. The highest BCUT2D eigenvalue weighted by Gasteiger charge is 2.26. The van der Waals surface area contributed by atoms with Crippen LogP contribution < -0.4 is 5.32 Å². The van der Waals surface area contributed by atoms with E-state index in [1.54, 1.807) is 11.3 Å². The highest BCUT2D eigenvalue weighted by Crippen LogP contribution is 2.39. The topological polar surface area (TPSA) is 65.4 Å². The van der Waals surface area contributed by atoms with Crippen LogP contribution in [0, 0.1) is 17.2 Å². The van der Waals surface area contributed by atoms with Crippen LogP contribution in [0.1, 0.15) is 36.3 Å². The van der Waals surface area contributed by atoms with Crippen molar-refractivity contribution in [1.82, 2.24) is 4.90 Å². The molecule has 2 aliphatic rings. The first kappa shape index (κ1) is 16.4. The summed E-state index contributed by atoms with van der Waals surface area (Å²) in [5.74, 6) is 0.618. The quantitative estimate of drug-likeness (QED) is 0.922. The second-order valence-corrected chi connectivity index (χ2v) is 7.72. The van der Waals surface area contributed by atoms with Gasteiger partial charge in [-0.2, -0.15) is 5.26 Å². The second-order valence-electron chi connectivity index (χ2n) is 6.61. The Morgan fingerprint density at radius 1 is 1.52 bits per heavy atom. The summed E-state index contributed by atoms with van der Waals surface area (Å²) in [6.45, 7) is 6.78. The van der Waals surface area contributed by atoms with Crippen LogP contribution in [-0.2, 0) is 22.4 Å². The number of thiophene rings is 1. The molecule has 2 atom stereocenters. The molecule has 1 saturated heterocycles. The molecule has 0 saturated carbocycles. The minimum absolute atomic E-state index is 0.0399. The molecule has 0 bridgehead atoms. The van der Waals surface area contributed by atoms with Gasteiger partial charge in [-0.25, -0.2) is 0 Å². The van der Waals surface area contributed by atoms with Crippen LogP contribution >= 0.6 is 11.3 Å². The second kappa shape index (κ2) is 7.00. The Balaban J connectivity index is 1.70. The molecule has 1 aromatic heterocycles. The molecule has 1 aliphatic carbocycles. The van der Waals surface area contributed by atoms with E-state index in [0.717, 1.165) is 36.4 Å². The molecule has 1 aromatic rings. The molecule has 0 radical (unpaired) electrons. The maximum atomic E-state index is 12.4. The lowest BCUT2D eigenvalue weighted by Gasteiger charge is -2.32. The van der Waals surface area contributed by atoms with E-state index in [0.29, 0.717) is 31.2 Å². The van der Waals surface area contributed by atoms with Gasteiger partial charge in [0, 0.05) is 17.5 Å². The number of anilines is 1. The first-order chi connectivity index (χ1) is 11.1. The lowest BCUT2D eigenvalue weighted by atomic mass is 9.89. The minimum atomic E-state index is -0.0399. The summed E-state index contributed by atoms with van der Waals surface area (Å²) in [5.41, 5.74) is 1.84. The third kappa shape index (κ3) is 3.57. The van der Waals surface area contributed by atoms with Crippen molar-refractivity contribution >= 4 is 22.2 Å². The van der Waals surface area contributed by atoms with Crippen LogP contribution in [-0.4, -0.2) is 43.2 Å². The van der Waals surface area contributed by atoms with Crippen molar-refractivity contribution < 1.29 is 9.53 Å². The molecule has 1 fully saturated rings. The van der Waals surface area contributed by atoms with E-state index >= 15 is 0 Å². The number of nitriles is 1. The van der Waals surface area contributed by atoms with E-state index in [4.69, 9.17) is 4.74 Å². The van der Waals surface area contributed by atoms with Gasteiger partial charge in [0.05, 0.1) is 25.3 Å². The fraction of sp³-hybridized carbons (Fsp3) is 0.647. The molecular formula is C17H23N3O2S. The van der Waals surface area contributed by atoms with Gasteiger partial charge in [0.2, 0.25) is 5.91 Å². The molecule has 23 heavy (non-hydrogen) atoms. The molecule has 1 N–H and O–H groups in total. The van der Waals surface area contributed by atoms with Gasteiger partial charge in [0.25, 0.3) is 0 Å². The number of hydrogen-bond acceptors (Lipinski definition) is 5. The minimum Gasteiger partial charge on any atom is -0.379 e. The largest absolute Gasteiger partial charge is 0.379 e. The van der Waals surface area contributed by atoms with E-state index < -0.39 is 0 Å². The van der Waals surface area contributed by atoms with Crippen LogP contribution in [0.2, 0.25) is 0 Å². The molecule has 5 nitrogen and oxygen atoms in total. The average Bonchev–Trinajstić information content (AvgIpc) is 2.85. The summed E-state index contributed by atoms with van der Waals surface area (Å²) in [5, 5.41) is 13.2. The Hall–Kier alpha value is -1.42. The fourth-order valence-corrected chi connectivity index (χ4v) is 4.68. The van der Waals surface area contributed by atoms with Crippen LogP contribution in [0.5, 0.6) is 0 Å². The smallest absolute Gasteiger partial charge is 0.239 e. The van der Waals surface area contributed by atoms with Gasteiger partial charge in [-0.15, -0.1) is 11.3 Å². The Morgan fingerprint density at radius 3 is 3.09 bits per heavy atom. The first-order valence-electron chi connectivity index (χ1n) is 8.24. The monoisotopic (exact) mass is 333 g/mol. The molecule has 2 heterocycles. The summed E-state index contributed by atoms with van der Waals surface area (Å²) < 4.78 is 5.40. The number of rotatable bonds is 3. The fourth-order valence-electron chi connectivity index (χ4n) is 3.30. The van der Waals surface area contributed by atoms with E-state index in [9.17, 15) is 10.1 Å². The van der Waals surface area contributed by atoms with Crippen LogP contribution in [0.25, 0.3) is 0 Å². The molecule has 6 heteroatoms. The van der Waals surface area contributed by atoms with Crippen molar-refractivity contribution in [2.75, 3.05) is 31.6 Å². The molecule has 124 valence electrons. The molecule has 1 amide bonds. The standard InChI is InChI=1S/C17H23N3O2S/c1-11-3-4-13-14(8-18)17(23-15(13)7-11)19-16(21)9-20-5-6-22-10-12(20)2/h11-12H,3-7,9-10H2,1-2H3,(H,19,21)/t11-,12-/m0/s1. The summed E-state index contributed by atoms with van der Waals surface area (Å²) in [6, 6.07) is 2.55. The SMILES string of the molecule is C[C@H]1CCc2c(sc(NC(=O)CN3CCOC[C@@H]3C)c2C#N)C1. The molecule has 3 rings (SSSR count). The molecule has 0 unspecified atom stereocenters. The van der Waals surface area contributed by atoms with Crippen LogP contribution in [0.3, 0.4) is 0 Å². The predicted molar refractivity (Wildman–Crippen MR) is 90.7 cm³/mol. The Labute approximate surface area is 141 Å². The van der Waals surface area contributed by atoms with Crippen molar-refractivity contribution in [3.63, 3.8) is 0 Å². The van der Waals surface area contributed by atoms with E-state index in [-0.39, 0.29) is 11.9 Å². The van der Waals surface area contributed by atoms with Crippen LogP contribution in [0.15, 0.2) is 0 Å². The number of carbonyl (C=O) groups excluding carboxylic acids is 1. The number of hydrogen-bond donors (Lipinski definition) is 1. The van der Waals surface area contributed by atoms with Gasteiger partial charge >= 0.3 is 0 Å². The number of fused-ring (bicyclic) bond motifs is 1. The Bertz CT molecular complexity index is 635. The number of nitrogens with one attached hydrogen (secondary N) is 1. The lowest BCUT2D eigenvalue weighted by Crippen LogP contribution is -2.47. The van der Waals surface area contributed by atoms with Crippen molar-refractivity contribution in [1.29, 1.82) is 5.26 Å². The number of ether oxygens (including phenoxy) is 1. The zero-order valence-corrected chi connectivity index (χ0v) is 14.5. The van der Waals surface area contributed by atoms with Gasteiger partial charge in [-0.1, -0.05) is 6.92 Å². The van der Waals surface area contributed by atoms with Crippen molar-refractivity contribution in [3.8, 4) is 6.07 Å². The average molecular weight is 333 g/mol. The number of morpholine rings is 1. The zero-order valence-electron chi connectivity index (χ0n) is 13.7. The van der Waals surface area contributed by atoms with Gasteiger partial charge in [0.15, 0.2) is 0 Å². The number of nitrogens with zero attached hydrogens (tertiary/aromatic N) is 2. The van der Waals surface area contributed by atoms with Crippen molar-refractivity contribution in [3.05, 3.63) is 16.0 Å². The van der Waals surface area contributed by atoms with Gasteiger partial charge in [-0.3, -0.25) is 9.69 Å². The first-order valence-corrected chi connectivity index (χ1v) is 9.06. The van der Waals surface area contributed by atoms with Crippen LogP contribution in [0.4, 0.5) is 5.00 Å². The van der Waals surface area contributed by atoms with Gasteiger partial charge in [0.1, 0.15) is 11.1 Å². The summed E-state index contributed by atoms with van der Waals surface area (Å²) >= 11 is 1.58. The van der Waals surface area contributed by atoms with Gasteiger partial charge < -0.3 is 10.1 Å². The van der Waals surface area contributed by atoms with Gasteiger partial charge in [-0.05, 0) is 37.7 Å². The summed E-state index contributed by atoms with van der Waals surface area (Å²) in [6.07, 6.45) is 3.09. The van der Waals surface area contributed by atoms with Crippen molar-refractivity contribution in [2.24, 2.45) is 5.92 Å². The molecular weight excluding hydrogens is 310 g/mol. The summed E-state index contributed by atoms with van der Waals surface area (Å²) in [4.78, 5) is 15.8. The molecule has 0 aromatic carbocycles. The number of carbonyl (C=O) groups is 1. The predicted octanol–water partition coefficient (Wildman–Crippen LogP) is 2.40. The van der Waals surface area contributed by atoms with E-state index in [2.05, 4.69) is 30.1 Å². The Kier molecular flexibility index (Phi) is 5.00. The maximum Gasteiger partial charge on any atom is 0.239 e. The van der Waals surface area contributed by atoms with Crippen molar-refractivity contribution in [2.45, 2.75) is 39.2 Å². The lowest BCUT2D eigenvalue weighted by molar-refractivity contribution is -0.119. The van der Waals surface area contributed by atoms with E-state index in [1.165, 1.54) is 4.88 Å². The summed E-state index contributed by atoms with van der Waals surface area (Å²) in [7, 11) is 0. The Morgan fingerprint density at radius 2 is 2.35 bits per heavy atom. The normalized spacial score (nSPS) is 24.7. The number of amides is 1. The molecule has 0 spiro atoms. The molecule has 1 aliphatic heterocycles.